The average Bonchev–Trinajstić information content (AvgIpc) is 3.19. The molecule has 1 fully saturated rings. The van der Waals surface area contributed by atoms with Crippen molar-refractivity contribution in [1.29, 1.82) is 0 Å². The summed E-state index contributed by atoms with van der Waals surface area (Å²) in [4.78, 5) is 0. The molecule has 1 unspecified atom stereocenters. The Labute approximate surface area is 300 Å². The van der Waals surface area contributed by atoms with Crippen LogP contribution in [-0.2, 0) is 51.6 Å². The number of aryl methyl sites for hydroxylation is 1. The molecule has 7 rings (SSSR count). The van der Waals surface area contributed by atoms with Crippen molar-refractivity contribution in [3.05, 3.63) is 166 Å². The summed E-state index contributed by atoms with van der Waals surface area (Å²) in [6.45, 7) is 4.12. The smallest absolute Gasteiger partial charge is 0.161 e. The van der Waals surface area contributed by atoms with Crippen molar-refractivity contribution < 1.29 is 33.5 Å². The highest BCUT2D eigenvalue weighted by atomic mass is 16.6. The summed E-state index contributed by atoms with van der Waals surface area (Å²) in [5.41, 5.74) is 7.67. The van der Waals surface area contributed by atoms with Crippen LogP contribution >= 0.6 is 0 Å². The number of hydrogen-bond acceptors (Lipinski definition) is 7. The fourth-order valence-electron chi connectivity index (χ4n) is 6.95. The Kier molecular flexibility index (Phi) is 11.7. The van der Waals surface area contributed by atoms with E-state index in [2.05, 4.69) is 49.4 Å². The summed E-state index contributed by atoms with van der Waals surface area (Å²) < 4.78 is 38.8. The average molecular weight is 687 g/mol. The number of aliphatic hydroxyl groups excluding tert-OH is 1. The quantitative estimate of drug-likeness (QED) is 0.128. The summed E-state index contributed by atoms with van der Waals surface area (Å²) in [5.74, 6) is 1.56. The second kappa shape index (κ2) is 17.1. The van der Waals surface area contributed by atoms with Gasteiger partial charge in [0.2, 0.25) is 0 Å². The predicted octanol–water partition coefficient (Wildman–Crippen LogP) is 7.80. The standard InChI is InChI=1S/C44H46O7/c1-2-35-19-20-36(26-37(35)24-34-18-21-38-39(25-34)47-23-22-46-38)41-43(49-29-32-14-8-4-9-15-32)44(50-30-33-16-10-5-11-17-33)42(40(27-45)51-41)48-28-31-12-6-3-7-13-31/h3-21,25-26,40-45H,2,22-24,27-30H2,1H3/t40-,41?,42-,43+,44+/m1/s1. The van der Waals surface area contributed by atoms with E-state index in [0.717, 1.165) is 52.2 Å². The normalized spacial score (nSPS) is 21.3. The predicted molar refractivity (Wildman–Crippen MR) is 196 cm³/mol. The molecule has 1 saturated heterocycles. The third kappa shape index (κ3) is 8.70. The van der Waals surface area contributed by atoms with Gasteiger partial charge in [0.1, 0.15) is 43.7 Å². The number of ether oxygens (including phenoxy) is 6. The zero-order valence-electron chi connectivity index (χ0n) is 29.1. The molecule has 5 aromatic rings. The van der Waals surface area contributed by atoms with Crippen molar-refractivity contribution in [1.82, 2.24) is 0 Å². The van der Waals surface area contributed by atoms with E-state index in [1.165, 1.54) is 11.1 Å². The van der Waals surface area contributed by atoms with Gasteiger partial charge in [0.05, 0.1) is 26.4 Å². The van der Waals surface area contributed by atoms with Crippen molar-refractivity contribution in [3.8, 4) is 11.5 Å². The first-order valence-electron chi connectivity index (χ1n) is 17.9. The molecule has 51 heavy (non-hydrogen) atoms. The first kappa shape index (κ1) is 34.9. The summed E-state index contributed by atoms with van der Waals surface area (Å²) in [5, 5.41) is 10.8. The molecule has 0 radical (unpaired) electrons. The molecule has 2 aliphatic heterocycles. The van der Waals surface area contributed by atoms with Crippen LogP contribution in [0, 0.1) is 0 Å². The van der Waals surface area contributed by atoms with Crippen LogP contribution in [0.25, 0.3) is 0 Å². The first-order chi connectivity index (χ1) is 25.2. The molecule has 7 nitrogen and oxygen atoms in total. The van der Waals surface area contributed by atoms with Gasteiger partial charge < -0.3 is 33.5 Å². The molecule has 5 atom stereocenters. The fraction of sp³-hybridized carbons (Fsp3) is 0.318. The molecule has 5 aromatic carbocycles. The molecule has 264 valence electrons. The maximum atomic E-state index is 10.8. The van der Waals surface area contributed by atoms with Crippen LogP contribution in [0.5, 0.6) is 11.5 Å². The largest absolute Gasteiger partial charge is 0.486 e. The summed E-state index contributed by atoms with van der Waals surface area (Å²) in [6, 6.07) is 43.0. The van der Waals surface area contributed by atoms with Gasteiger partial charge in [0.15, 0.2) is 11.5 Å². The van der Waals surface area contributed by atoms with Gasteiger partial charge in [-0.25, -0.2) is 0 Å². The van der Waals surface area contributed by atoms with Gasteiger partial charge in [-0.05, 0) is 63.9 Å². The lowest BCUT2D eigenvalue weighted by Crippen LogP contribution is -2.58. The van der Waals surface area contributed by atoms with Crippen molar-refractivity contribution in [3.63, 3.8) is 0 Å². The van der Waals surface area contributed by atoms with Crippen LogP contribution in [0.1, 0.15) is 52.0 Å². The van der Waals surface area contributed by atoms with Crippen molar-refractivity contribution in [2.45, 2.75) is 70.1 Å². The van der Waals surface area contributed by atoms with Gasteiger partial charge in [-0.2, -0.15) is 0 Å². The molecule has 0 aromatic heterocycles. The topological polar surface area (TPSA) is 75.6 Å². The minimum absolute atomic E-state index is 0.232. The highest BCUT2D eigenvalue weighted by Crippen LogP contribution is 2.39. The summed E-state index contributed by atoms with van der Waals surface area (Å²) in [7, 11) is 0. The van der Waals surface area contributed by atoms with Gasteiger partial charge >= 0.3 is 0 Å². The maximum Gasteiger partial charge on any atom is 0.161 e. The van der Waals surface area contributed by atoms with E-state index in [-0.39, 0.29) is 6.61 Å². The molecule has 2 aliphatic rings. The number of rotatable bonds is 14. The van der Waals surface area contributed by atoms with Crippen molar-refractivity contribution >= 4 is 0 Å². The number of benzene rings is 5. The molecular weight excluding hydrogens is 640 g/mol. The molecule has 1 N–H and O–H groups in total. The van der Waals surface area contributed by atoms with E-state index in [0.29, 0.717) is 33.0 Å². The lowest BCUT2D eigenvalue weighted by atomic mass is 9.87. The number of aliphatic hydroxyl groups is 1. The fourth-order valence-corrected chi connectivity index (χ4v) is 6.95. The van der Waals surface area contributed by atoms with E-state index in [1.54, 1.807) is 0 Å². The summed E-state index contributed by atoms with van der Waals surface area (Å²) in [6.07, 6.45) is -1.28. The maximum absolute atomic E-state index is 10.8. The van der Waals surface area contributed by atoms with Crippen LogP contribution < -0.4 is 9.47 Å². The van der Waals surface area contributed by atoms with Crippen LogP contribution in [0.3, 0.4) is 0 Å². The Hall–Kier alpha value is -4.50. The van der Waals surface area contributed by atoms with Crippen molar-refractivity contribution in [2.24, 2.45) is 0 Å². The van der Waals surface area contributed by atoms with Crippen LogP contribution in [0.4, 0.5) is 0 Å². The second-order valence-electron chi connectivity index (χ2n) is 13.1. The number of hydrogen-bond donors (Lipinski definition) is 1. The van der Waals surface area contributed by atoms with Gasteiger partial charge in [0.25, 0.3) is 0 Å². The van der Waals surface area contributed by atoms with Crippen LogP contribution in [0.2, 0.25) is 0 Å². The second-order valence-corrected chi connectivity index (χ2v) is 13.1. The molecule has 0 bridgehead atoms. The van der Waals surface area contributed by atoms with E-state index in [4.69, 9.17) is 28.4 Å². The Balaban J connectivity index is 1.24. The Morgan fingerprint density at radius 2 is 1.14 bits per heavy atom. The minimum Gasteiger partial charge on any atom is -0.486 e. The lowest BCUT2D eigenvalue weighted by Gasteiger charge is -2.46. The molecule has 0 amide bonds. The first-order valence-corrected chi connectivity index (χ1v) is 17.9. The SMILES string of the molecule is CCc1ccc(C2O[C@H](CO)[C@@H](OCc3ccccc3)[C@H](OCc3ccccc3)[C@H]2OCc2ccccc2)cc1Cc1ccc2c(c1)OCCO2. The van der Waals surface area contributed by atoms with Gasteiger partial charge in [-0.3, -0.25) is 0 Å². The third-order valence-electron chi connectivity index (χ3n) is 9.61. The molecule has 7 heteroatoms. The van der Waals surface area contributed by atoms with Gasteiger partial charge in [0, 0.05) is 0 Å². The van der Waals surface area contributed by atoms with Crippen molar-refractivity contribution in [2.75, 3.05) is 19.8 Å². The summed E-state index contributed by atoms with van der Waals surface area (Å²) >= 11 is 0. The zero-order valence-corrected chi connectivity index (χ0v) is 29.1. The van der Waals surface area contributed by atoms with E-state index in [1.807, 2.05) is 84.9 Å². The Bertz CT molecular complexity index is 1810. The minimum atomic E-state index is -0.650. The van der Waals surface area contributed by atoms with Crippen LogP contribution in [0.15, 0.2) is 127 Å². The molecule has 0 saturated carbocycles. The molecule has 2 heterocycles. The molecular formula is C44H46O7. The monoisotopic (exact) mass is 686 g/mol. The Morgan fingerprint density at radius 1 is 0.569 bits per heavy atom. The molecule has 0 spiro atoms. The van der Waals surface area contributed by atoms with E-state index in [9.17, 15) is 5.11 Å². The number of fused-ring (bicyclic) bond motifs is 1. The zero-order chi connectivity index (χ0) is 34.8. The third-order valence-corrected chi connectivity index (χ3v) is 9.61. The van der Waals surface area contributed by atoms with E-state index >= 15 is 0 Å². The highest BCUT2D eigenvalue weighted by molar-refractivity contribution is 5.46. The van der Waals surface area contributed by atoms with Crippen LogP contribution in [-0.4, -0.2) is 49.3 Å². The lowest BCUT2D eigenvalue weighted by molar-refractivity contribution is -0.272. The highest BCUT2D eigenvalue weighted by Gasteiger charge is 2.48. The Morgan fingerprint density at radius 3 is 1.73 bits per heavy atom. The van der Waals surface area contributed by atoms with Gasteiger partial charge in [-0.15, -0.1) is 0 Å². The molecule has 0 aliphatic carbocycles. The van der Waals surface area contributed by atoms with Gasteiger partial charge in [-0.1, -0.05) is 122 Å². The van der Waals surface area contributed by atoms with E-state index < -0.39 is 30.5 Å².